The van der Waals surface area contributed by atoms with Crippen LogP contribution in [0.15, 0.2) is 6.20 Å². The molecule has 0 saturated heterocycles. The summed E-state index contributed by atoms with van der Waals surface area (Å²) in [5, 5.41) is 5.74. The van der Waals surface area contributed by atoms with Crippen molar-refractivity contribution in [3.8, 4) is 0 Å². The summed E-state index contributed by atoms with van der Waals surface area (Å²) >= 11 is 0. The highest BCUT2D eigenvalue weighted by Gasteiger charge is 2.36. The largest absolute Gasteiger partial charge is 0.435 e. The Morgan fingerprint density at radius 2 is 2.21 bits per heavy atom. The third-order valence-corrected chi connectivity index (χ3v) is 2.56. The van der Waals surface area contributed by atoms with Crippen LogP contribution in [0.5, 0.6) is 0 Å². The molecular formula is C11H17F3N4O. The second-order valence-corrected chi connectivity index (χ2v) is 4.29. The molecule has 1 atom stereocenters. The van der Waals surface area contributed by atoms with Crippen molar-refractivity contribution < 1.29 is 18.0 Å². The highest BCUT2D eigenvalue weighted by Crippen LogP contribution is 2.30. The van der Waals surface area contributed by atoms with E-state index in [-0.39, 0.29) is 12.1 Å². The van der Waals surface area contributed by atoms with Crippen LogP contribution in [-0.4, -0.2) is 21.7 Å². The smallest absolute Gasteiger partial charge is 0.351 e. The number of carbonyl (C=O) groups excluding carboxylic acids is 1. The number of hydrogen-bond acceptors (Lipinski definition) is 3. The number of nitrogens with zero attached hydrogens (tertiary/aromatic N) is 2. The summed E-state index contributed by atoms with van der Waals surface area (Å²) in [5.74, 6) is -0.459. The molecule has 1 rings (SSSR count). The van der Waals surface area contributed by atoms with Crippen LogP contribution in [0.3, 0.4) is 0 Å². The van der Waals surface area contributed by atoms with Crippen LogP contribution < -0.4 is 11.1 Å². The van der Waals surface area contributed by atoms with E-state index in [4.69, 9.17) is 5.73 Å². The number of hydrogen-bond donors (Lipinski definition) is 2. The normalized spacial score (nSPS) is 13.4. The maximum Gasteiger partial charge on any atom is 0.435 e. The van der Waals surface area contributed by atoms with Gasteiger partial charge in [-0.25, -0.2) is 0 Å². The third kappa shape index (κ3) is 4.23. The van der Waals surface area contributed by atoms with Gasteiger partial charge in [-0.15, -0.1) is 0 Å². The second-order valence-electron chi connectivity index (χ2n) is 4.29. The van der Waals surface area contributed by atoms with E-state index in [9.17, 15) is 18.0 Å². The van der Waals surface area contributed by atoms with Gasteiger partial charge < -0.3 is 11.1 Å². The first-order chi connectivity index (χ1) is 8.75. The van der Waals surface area contributed by atoms with E-state index in [1.165, 1.54) is 13.2 Å². The Morgan fingerprint density at radius 3 is 2.74 bits per heavy atom. The molecule has 1 unspecified atom stereocenters. The molecule has 3 N–H and O–H groups in total. The fourth-order valence-electron chi connectivity index (χ4n) is 1.66. The summed E-state index contributed by atoms with van der Waals surface area (Å²) in [4.78, 5) is 11.5. The molecule has 1 amide bonds. The predicted octanol–water partition coefficient (Wildman–Crippen LogP) is 1.18. The molecule has 0 aliphatic carbocycles. The molecule has 5 nitrogen and oxygen atoms in total. The summed E-state index contributed by atoms with van der Waals surface area (Å²) < 4.78 is 39.0. The molecule has 0 saturated carbocycles. The van der Waals surface area contributed by atoms with E-state index in [1.54, 1.807) is 0 Å². The SMILES string of the molecule is CCCC(N)C(=O)NCc1cn(C)nc1C(F)(F)F. The summed E-state index contributed by atoms with van der Waals surface area (Å²) in [5.41, 5.74) is 4.50. The number of carbonyl (C=O) groups is 1. The average Bonchev–Trinajstić information content (AvgIpc) is 2.67. The molecule has 0 aliphatic rings. The minimum atomic E-state index is -4.53. The lowest BCUT2D eigenvalue weighted by molar-refractivity contribution is -0.142. The van der Waals surface area contributed by atoms with Crippen LogP contribution in [0, 0.1) is 0 Å². The van der Waals surface area contributed by atoms with Gasteiger partial charge in [0.05, 0.1) is 6.04 Å². The Balaban J connectivity index is 2.71. The highest BCUT2D eigenvalue weighted by atomic mass is 19.4. The van der Waals surface area contributed by atoms with Crippen molar-refractivity contribution in [3.63, 3.8) is 0 Å². The second kappa shape index (κ2) is 6.05. The zero-order valence-electron chi connectivity index (χ0n) is 10.8. The quantitative estimate of drug-likeness (QED) is 0.849. The van der Waals surface area contributed by atoms with Gasteiger partial charge in [0, 0.05) is 25.4 Å². The Labute approximate surface area is 109 Å². The number of alkyl halides is 3. The van der Waals surface area contributed by atoms with Crippen LogP contribution in [0.25, 0.3) is 0 Å². The molecule has 1 heterocycles. The van der Waals surface area contributed by atoms with Crippen molar-refractivity contribution in [1.29, 1.82) is 0 Å². The van der Waals surface area contributed by atoms with Gasteiger partial charge >= 0.3 is 6.18 Å². The van der Waals surface area contributed by atoms with Gasteiger partial charge in [-0.05, 0) is 6.42 Å². The van der Waals surface area contributed by atoms with Gasteiger partial charge in [0.15, 0.2) is 5.69 Å². The molecule has 0 bridgehead atoms. The van der Waals surface area contributed by atoms with Crippen molar-refractivity contribution in [2.24, 2.45) is 12.8 Å². The number of aromatic nitrogens is 2. The maximum atomic E-state index is 12.7. The highest BCUT2D eigenvalue weighted by molar-refractivity contribution is 5.81. The summed E-state index contributed by atoms with van der Waals surface area (Å²) in [6.07, 6.45) is -2.08. The molecule has 0 radical (unpaired) electrons. The lowest BCUT2D eigenvalue weighted by atomic mass is 10.1. The minimum Gasteiger partial charge on any atom is -0.351 e. The number of rotatable bonds is 5. The molecule has 19 heavy (non-hydrogen) atoms. The number of aryl methyl sites for hydroxylation is 1. The van der Waals surface area contributed by atoms with E-state index in [1.807, 2.05) is 6.92 Å². The molecule has 0 spiro atoms. The summed E-state index contributed by atoms with van der Waals surface area (Å²) in [6, 6.07) is -0.698. The fraction of sp³-hybridized carbons (Fsp3) is 0.636. The Kier molecular flexibility index (Phi) is 4.93. The van der Waals surface area contributed by atoms with Crippen LogP contribution in [0.2, 0.25) is 0 Å². The third-order valence-electron chi connectivity index (χ3n) is 2.56. The Bertz CT molecular complexity index is 442. The molecule has 1 aromatic rings. The lowest BCUT2D eigenvalue weighted by Crippen LogP contribution is -2.40. The average molecular weight is 278 g/mol. The lowest BCUT2D eigenvalue weighted by Gasteiger charge is -2.11. The Morgan fingerprint density at radius 1 is 1.58 bits per heavy atom. The van der Waals surface area contributed by atoms with Crippen LogP contribution in [-0.2, 0) is 24.6 Å². The fourth-order valence-corrected chi connectivity index (χ4v) is 1.66. The van der Waals surface area contributed by atoms with Gasteiger partial charge in [-0.3, -0.25) is 9.48 Å². The van der Waals surface area contributed by atoms with Gasteiger partial charge in [0.2, 0.25) is 5.91 Å². The van der Waals surface area contributed by atoms with E-state index in [2.05, 4.69) is 10.4 Å². The van der Waals surface area contributed by atoms with Crippen LogP contribution in [0.1, 0.15) is 31.0 Å². The number of halogens is 3. The molecule has 8 heteroatoms. The van der Waals surface area contributed by atoms with E-state index in [0.29, 0.717) is 6.42 Å². The van der Waals surface area contributed by atoms with Crippen LogP contribution >= 0.6 is 0 Å². The minimum absolute atomic E-state index is 0.0768. The van der Waals surface area contributed by atoms with Gasteiger partial charge in [0.1, 0.15) is 0 Å². The molecule has 1 aromatic heterocycles. The number of nitrogens with two attached hydrogens (primary N) is 1. The van der Waals surface area contributed by atoms with E-state index >= 15 is 0 Å². The predicted molar refractivity (Wildman–Crippen MR) is 62.9 cm³/mol. The molecular weight excluding hydrogens is 261 g/mol. The Hall–Kier alpha value is -1.57. The first kappa shape index (κ1) is 15.5. The number of amides is 1. The van der Waals surface area contributed by atoms with Gasteiger partial charge in [-0.1, -0.05) is 13.3 Å². The van der Waals surface area contributed by atoms with Crippen molar-refractivity contribution in [2.75, 3.05) is 0 Å². The standard InChI is InChI=1S/C11H17F3N4O/c1-3-4-8(15)10(19)16-5-7-6-18(2)17-9(7)11(12,13)14/h6,8H,3-5,15H2,1-2H3,(H,16,19). The first-order valence-corrected chi connectivity index (χ1v) is 5.88. The van der Waals surface area contributed by atoms with Crippen molar-refractivity contribution in [3.05, 3.63) is 17.5 Å². The van der Waals surface area contributed by atoms with Crippen molar-refractivity contribution in [1.82, 2.24) is 15.1 Å². The van der Waals surface area contributed by atoms with Gasteiger partial charge in [-0.2, -0.15) is 18.3 Å². The van der Waals surface area contributed by atoms with E-state index in [0.717, 1.165) is 11.1 Å². The monoisotopic (exact) mass is 278 g/mol. The zero-order chi connectivity index (χ0) is 14.6. The number of nitrogens with one attached hydrogen (secondary N) is 1. The molecule has 0 aliphatic heterocycles. The molecule has 0 fully saturated rings. The summed E-state index contributed by atoms with van der Waals surface area (Å²) in [6.45, 7) is 1.63. The molecule has 108 valence electrons. The molecule has 0 aromatic carbocycles. The maximum absolute atomic E-state index is 12.7. The van der Waals surface area contributed by atoms with Crippen molar-refractivity contribution in [2.45, 2.75) is 38.5 Å². The topological polar surface area (TPSA) is 72.9 Å². The van der Waals surface area contributed by atoms with Crippen molar-refractivity contribution >= 4 is 5.91 Å². The first-order valence-electron chi connectivity index (χ1n) is 5.88. The van der Waals surface area contributed by atoms with E-state index < -0.39 is 23.8 Å². The summed E-state index contributed by atoms with van der Waals surface area (Å²) in [7, 11) is 1.39. The van der Waals surface area contributed by atoms with Crippen LogP contribution in [0.4, 0.5) is 13.2 Å². The van der Waals surface area contributed by atoms with Gasteiger partial charge in [0.25, 0.3) is 0 Å². The zero-order valence-corrected chi connectivity index (χ0v) is 10.8.